The van der Waals surface area contributed by atoms with Crippen LogP contribution in [0.4, 0.5) is 4.39 Å². The molecule has 0 atom stereocenters. The number of amides is 1. The number of benzene rings is 2. The molecule has 0 aliphatic rings. The molecule has 24 heavy (non-hydrogen) atoms. The van der Waals surface area contributed by atoms with Gasteiger partial charge in [-0.05, 0) is 42.0 Å². The minimum Gasteiger partial charge on any atom is -0.264 e. The van der Waals surface area contributed by atoms with Gasteiger partial charge in [0, 0.05) is 23.8 Å². The molecule has 118 valence electrons. The van der Waals surface area contributed by atoms with E-state index in [2.05, 4.69) is 5.43 Å². The number of hydrogen-bond acceptors (Lipinski definition) is 1. The van der Waals surface area contributed by atoms with Crippen molar-refractivity contribution in [3.63, 3.8) is 0 Å². The molecular formula is C20H16FN2O+. The third-order valence-corrected chi connectivity index (χ3v) is 3.47. The average molecular weight is 319 g/mol. The molecule has 4 heteroatoms. The lowest BCUT2D eigenvalue weighted by Gasteiger charge is -2.02. The van der Waals surface area contributed by atoms with Crippen LogP contribution in [-0.4, -0.2) is 5.91 Å². The second-order valence-electron chi connectivity index (χ2n) is 5.19. The number of halogens is 1. The predicted molar refractivity (Wildman–Crippen MR) is 92.1 cm³/mol. The molecule has 0 saturated heterocycles. The monoisotopic (exact) mass is 319 g/mol. The van der Waals surface area contributed by atoms with E-state index >= 15 is 0 Å². The van der Waals surface area contributed by atoms with E-state index in [4.69, 9.17) is 0 Å². The number of rotatable bonds is 4. The Morgan fingerprint density at radius 2 is 1.58 bits per heavy atom. The fourth-order valence-electron chi connectivity index (χ4n) is 2.21. The molecule has 0 saturated carbocycles. The van der Waals surface area contributed by atoms with E-state index < -0.39 is 0 Å². The van der Waals surface area contributed by atoms with E-state index in [-0.39, 0.29) is 11.7 Å². The number of aromatic nitrogens is 1. The second-order valence-corrected chi connectivity index (χ2v) is 5.19. The van der Waals surface area contributed by atoms with E-state index in [0.717, 1.165) is 11.3 Å². The van der Waals surface area contributed by atoms with Gasteiger partial charge in [0.25, 0.3) is 0 Å². The summed E-state index contributed by atoms with van der Waals surface area (Å²) < 4.78 is 14.6. The molecule has 0 aliphatic carbocycles. The summed E-state index contributed by atoms with van der Waals surface area (Å²) in [5.41, 5.74) is 5.10. The first-order valence-electron chi connectivity index (χ1n) is 7.53. The molecule has 1 amide bonds. The van der Waals surface area contributed by atoms with Crippen molar-refractivity contribution in [3.05, 3.63) is 102 Å². The quantitative estimate of drug-likeness (QED) is 0.731. The van der Waals surface area contributed by atoms with Crippen molar-refractivity contribution in [1.29, 1.82) is 0 Å². The maximum atomic E-state index is 12.9. The summed E-state index contributed by atoms with van der Waals surface area (Å²) in [5, 5.41) is 0. The Morgan fingerprint density at radius 3 is 2.33 bits per heavy atom. The second kappa shape index (κ2) is 7.33. The van der Waals surface area contributed by atoms with Gasteiger partial charge >= 0.3 is 5.91 Å². The van der Waals surface area contributed by atoms with Crippen LogP contribution in [0, 0.1) is 5.82 Å². The highest BCUT2D eigenvalue weighted by Crippen LogP contribution is 2.07. The van der Waals surface area contributed by atoms with Crippen molar-refractivity contribution in [2.75, 3.05) is 5.43 Å². The Kier molecular flexibility index (Phi) is 4.77. The van der Waals surface area contributed by atoms with E-state index in [1.54, 1.807) is 35.1 Å². The summed E-state index contributed by atoms with van der Waals surface area (Å²) in [4.78, 5) is 12.3. The maximum Gasteiger partial charge on any atom is 0.305 e. The summed E-state index contributed by atoms with van der Waals surface area (Å²) in [6, 6.07) is 20.8. The van der Waals surface area contributed by atoms with E-state index in [0.29, 0.717) is 5.56 Å². The topological polar surface area (TPSA) is 33.0 Å². The zero-order valence-electron chi connectivity index (χ0n) is 12.9. The van der Waals surface area contributed by atoms with Crippen LogP contribution in [-0.2, 0) is 0 Å². The van der Waals surface area contributed by atoms with Gasteiger partial charge in [-0.15, -0.1) is 5.43 Å². The van der Waals surface area contributed by atoms with Crippen LogP contribution in [0.5, 0.6) is 0 Å². The maximum absolute atomic E-state index is 12.9. The molecule has 0 fully saturated rings. The molecule has 3 aromatic rings. The van der Waals surface area contributed by atoms with Crippen molar-refractivity contribution in [2.24, 2.45) is 0 Å². The molecule has 2 aromatic carbocycles. The Balaban J connectivity index is 1.80. The third-order valence-electron chi connectivity index (χ3n) is 3.47. The SMILES string of the molecule is O=C(N[n+]1ccccc1/C=C/c1ccc(F)cc1)c1ccccc1. The molecule has 0 bridgehead atoms. The van der Waals surface area contributed by atoms with Crippen molar-refractivity contribution in [3.8, 4) is 0 Å². The number of carbonyl (C=O) groups excluding carboxylic acids is 1. The predicted octanol–water partition coefficient (Wildman–Crippen LogP) is 3.67. The first kappa shape index (κ1) is 15.6. The number of nitrogens with one attached hydrogen (secondary N) is 1. The van der Waals surface area contributed by atoms with Crippen molar-refractivity contribution in [2.45, 2.75) is 0 Å². The lowest BCUT2D eigenvalue weighted by Crippen LogP contribution is -2.50. The molecule has 3 rings (SSSR count). The van der Waals surface area contributed by atoms with E-state index in [1.165, 1.54) is 12.1 Å². The molecule has 1 N–H and O–H groups in total. The van der Waals surface area contributed by atoms with E-state index in [9.17, 15) is 9.18 Å². The first-order valence-corrected chi connectivity index (χ1v) is 7.53. The summed E-state index contributed by atoms with van der Waals surface area (Å²) in [5.74, 6) is -0.458. The van der Waals surface area contributed by atoms with Crippen LogP contribution in [0.25, 0.3) is 12.2 Å². The van der Waals surface area contributed by atoms with Crippen molar-refractivity contribution < 1.29 is 13.9 Å². The first-order chi connectivity index (χ1) is 11.7. The third kappa shape index (κ3) is 3.93. The minimum absolute atomic E-state index is 0.191. The van der Waals surface area contributed by atoms with Crippen molar-refractivity contribution >= 4 is 18.1 Å². The molecule has 0 unspecified atom stereocenters. The number of pyridine rings is 1. The van der Waals surface area contributed by atoms with Gasteiger partial charge in [-0.1, -0.05) is 35.0 Å². The van der Waals surface area contributed by atoms with Gasteiger partial charge in [0.1, 0.15) is 5.82 Å². The van der Waals surface area contributed by atoms with Crippen LogP contribution in [0.3, 0.4) is 0 Å². The summed E-state index contributed by atoms with van der Waals surface area (Å²) in [6.07, 6.45) is 5.49. The summed E-state index contributed by atoms with van der Waals surface area (Å²) in [6.45, 7) is 0. The van der Waals surface area contributed by atoms with Crippen molar-refractivity contribution in [1.82, 2.24) is 0 Å². The molecular weight excluding hydrogens is 303 g/mol. The van der Waals surface area contributed by atoms with Crippen LogP contribution in [0.1, 0.15) is 21.6 Å². The Hall–Kier alpha value is -3.27. The van der Waals surface area contributed by atoms with Gasteiger partial charge in [-0.2, -0.15) is 0 Å². The smallest absolute Gasteiger partial charge is 0.264 e. The molecule has 0 spiro atoms. The zero-order valence-corrected chi connectivity index (χ0v) is 12.9. The Morgan fingerprint density at radius 1 is 0.875 bits per heavy atom. The van der Waals surface area contributed by atoms with Gasteiger partial charge < -0.3 is 0 Å². The fraction of sp³-hybridized carbons (Fsp3) is 0. The van der Waals surface area contributed by atoms with Crippen LogP contribution < -0.4 is 10.1 Å². The van der Waals surface area contributed by atoms with Gasteiger partial charge in [-0.3, -0.25) is 4.79 Å². The Labute approximate surface area is 139 Å². The molecule has 3 nitrogen and oxygen atoms in total. The standard InChI is InChI=1S/C20H15FN2O/c21-18-12-9-16(10-13-18)11-14-19-8-4-5-15-23(19)22-20(24)17-6-2-1-3-7-17/h1-15H/p+1/b14-11+. The fourth-order valence-corrected chi connectivity index (χ4v) is 2.21. The molecule has 0 aliphatic heterocycles. The van der Waals surface area contributed by atoms with Gasteiger partial charge in [0.2, 0.25) is 11.9 Å². The highest BCUT2D eigenvalue weighted by molar-refractivity contribution is 5.98. The van der Waals surface area contributed by atoms with Gasteiger partial charge in [-0.25, -0.2) is 4.39 Å². The largest absolute Gasteiger partial charge is 0.305 e. The number of nitrogens with zero attached hydrogens (tertiary/aromatic N) is 1. The zero-order chi connectivity index (χ0) is 16.8. The highest BCUT2D eigenvalue weighted by Gasteiger charge is 2.13. The van der Waals surface area contributed by atoms with Crippen LogP contribution >= 0.6 is 0 Å². The van der Waals surface area contributed by atoms with Gasteiger partial charge in [0.05, 0.1) is 0 Å². The lowest BCUT2D eigenvalue weighted by molar-refractivity contribution is -0.643. The molecule has 0 radical (unpaired) electrons. The Bertz CT molecular complexity index is 858. The molecule has 1 heterocycles. The highest BCUT2D eigenvalue weighted by atomic mass is 19.1. The van der Waals surface area contributed by atoms with E-state index in [1.807, 2.05) is 48.6 Å². The molecule has 1 aromatic heterocycles. The van der Waals surface area contributed by atoms with Crippen LogP contribution in [0.2, 0.25) is 0 Å². The summed E-state index contributed by atoms with van der Waals surface area (Å²) >= 11 is 0. The number of carbonyl (C=O) groups is 1. The average Bonchev–Trinajstić information content (AvgIpc) is 2.63. The minimum atomic E-state index is -0.267. The number of hydrogen-bond donors (Lipinski definition) is 1. The van der Waals surface area contributed by atoms with Crippen LogP contribution in [0.15, 0.2) is 79.0 Å². The summed E-state index contributed by atoms with van der Waals surface area (Å²) in [7, 11) is 0. The lowest BCUT2D eigenvalue weighted by atomic mass is 10.2. The normalized spacial score (nSPS) is 10.7. The van der Waals surface area contributed by atoms with Gasteiger partial charge in [0.15, 0.2) is 0 Å².